The molecule has 0 amide bonds. The molecular formula is C12H27N. The van der Waals surface area contributed by atoms with Crippen molar-refractivity contribution in [2.45, 2.75) is 60.4 Å². The Morgan fingerprint density at radius 2 is 1.46 bits per heavy atom. The molecule has 1 unspecified atom stereocenters. The summed E-state index contributed by atoms with van der Waals surface area (Å²) < 4.78 is 0. The molecule has 0 aromatic carbocycles. The van der Waals surface area contributed by atoms with Crippen molar-refractivity contribution in [3.8, 4) is 0 Å². The molecule has 1 atom stereocenters. The van der Waals surface area contributed by atoms with Crippen LogP contribution in [0.5, 0.6) is 0 Å². The highest BCUT2D eigenvalue weighted by molar-refractivity contribution is 4.75. The van der Waals surface area contributed by atoms with Crippen LogP contribution >= 0.6 is 0 Å². The van der Waals surface area contributed by atoms with Crippen molar-refractivity contribution in [2.75, 3.05) is 13.1 Å². The Hall–Kier alpha value is -0.0400. The van der Waals surface area contributed by atoms with Crippen LogP contribution in [-0.4, -0.2) is 24.0 Å². The van der Waals surface area contributed by atoms with E-state index in [2.05, 4.69) is 46.4 Å². The standard InChI is InChI=1S/C12H27N/c1-7-11(10-12(4,5)6)13(8-2)9-3/h11H,7-10H2,1-6H3. The Morgan fingerprint density at radius 3 is 1.69 bits per heavy atom. The Bertz CT molecular complexity index is 120. The minimum Gasteiger partial charge on any atom is -0.301 e. The van der Waals surface area contributed by atoms with Gasteiger partial charge in [-0.3, -0.25) is 0 Å². The van der Waals surface area contributed by atoms with Gasteiger partial charge in [-0.05, 0) is 31.3 Å². The van der Waals surface area contributed by atoms with E-state index in [1.54, 1.807) is 0 Å². The van der Waals surface area contributed by atoms with E-state index in [0.29, 0.717) is 5.41 Å². The van der Waals surface area contributed by atoms with Crippen molar-refractivity contribution in [3.63, 3.8) is 0 Å². The summed E-state index contributed by atoms with van der Waals surface area (Å²) in [5.74, 6) is 0. The molecule has 0 aromatic heterocycles. The minimum atomic E-state index is 0.462. The van der Waals surface area contributed by atoms with Gasteiger partial charge in [-0.1, -0.05) is 41.5 Å². The van der Waals surface area contributed by atoms with E-state index in [1.807, 2.05) is 0 Å². The summed E-state index contributed by atoms with van der Waals surface area (Å²) in [6, 6.07) is 0.773. The normalized spacial score (nSPS) is 15.0. The van der Waals surface area contributed by atoms with Gasteiger partial charge < -0.3 is 4.90 Å². The van der Waals surface area contributed by atoms with Crippen LogP contribution < -0.4 is 0 Å². The van der Waals surface area contributed by atoms with Gasteiger partial charge in [0.2, 0.25) is 0 Å². The van der Waals surface area contributed by atoms with Crippen molar-refractivity contribution in [1.29, 1.82) is 0 Å². The van der Waals surface area contributed by atoms with Gasteiger partial charge in [0.25, 0.3) is 0 Å². The van der Waals surface area contributed by atoms with E-state index < -0.39 is 0 Å². The summed E-state index contributed by atoms with van der Waals surface area (Å²) in [4.78, 5) is 2.57. The first-order chi connectivity index (χ1) is 5.94. The summed E-state index contributed by atoms with van der Waals surface area (Å²) in [5, 5.41) is 0. The van der Waals surface area contributed by atoms with Gasteiger partial charge >= 0.3 is 0 Å². The fourth-order valence-electron chi connectivity index (χ4n) is 1.98. The van der Waals surface area contributed by atoms with E-state index in [0.717, 1.165) is 6.04 Å². The van der Waals surface area contributed by atoms with E-state index in [9.17, 15) is 0 Å². The first kappa shape index (κ1) is 13.0. The van der Waals surface area contributed by atoms with Crippen LogP contribution in [0.1, 0.15) is 54.4 Å². The average Bonchev–Trinajstić information content (AvgIpc) is 2.02. The van der Waals surface area contributed by atoms with Crippen LogP contribution in [0.15, 0.2) is 0 Å². The first-order valence-electron chi connectivity index (χ1n) is 5.68. The van der Waals surface area contributed by atoms with E-state index in [4.69, 9.17) is 0 Å². The molecule has 0 saturated heterocycles. The van der Waals surface area contributed by atoms with Crippen LogP contribution in [0.25, 0.3) is 0 Å². The minimum absolute atomic E-state index is 0.462. The highest BCUT2D eigenvalue weighted by Gasteiger charge is 2.20. The quantitative estimate of drug-likeness (QED) is 0.633. The fraction of sp³-hybridized carbons (Fsp3) is 1.00. The third-order valence-electron chi connectivity index (χ3n) is 2.65. The number of hydrogen-bond donors (Lipinski definition) is 0. The summed E-state index contributed by atoms with van der Waals surface area (Å²) in [5.41, 5.74) is 0.462. The number of hydrogen-bond acceptors (Lipinski definition) is 1. The molecule has 0 bridgehead atoms. The highest BCUT2D eigenvalue weighted by Crippen LogP contribution is 2.24. The molecule has 1 nitrogen and oxygen atoms in total. The molecule has 0 fully saturated rings. The van der Waals surface area contributed by atoms with E-state index in [-0.39, 0.29) is 0 Å². The van der Waals surface area contributed by atoms with Gasteiger partial charge in [-0.2, -0.15) is 0 Å². The first-order valence-corrected chi connectivity index (χ1v) is 5.68. The molecule has 0 aromatic rings. The predicted molar refractivity (Wildman–Crippen MR) is 61.1 cm³/mol. The molecule has 0 aliphatic rings. The van der Waals surface area contributed by atoms with E-state index >= 15 is 0 Å². The maximum atomic E-state index is 2.57. The third-order valence-corrected chi connectivity index (χ3v) is 2.65. The second kappa shape index (κ2) is 5.64. The van der Waals surface area contributed by atoms with Crippen LogP contribution in [0, 0.1) is 5.41 Å². The number of nitrogens with zero attached hydrogens (tertiary/aromatic N) is 1. The lowest BCUT2D eigenvalue weighted by Gasteiger charge is -2.33. The summed E-state index contributed by atoms with van der Waals surface area (Å²) in [6.45, 7) is 16.2. The van der Waals surface area contributed by atoms with Gasteiger partial charge in [-0.25, -0.2) is 0 Å². The van der Waals surface area contributed by atoms with Gasteiger partial charge in [0.1, 0.15) is 0 Å². The maximum absolute atomic E-state index is 2.57. The van der Waals surface area contributed by atoms with Crippen molar-refractivity contribution >= 4 is 0 Å². The summed E-state index contributed by atoms with van der Waals surface area (Å²) in [7, 11) is 0. The average molecular weight is 185 g/mol. The monoisotopic (exact) mass is 185 g/mol. The zero-order valence-corrected chi connectivity index (χ0v) is 10.4. The molecule has 0 saturated carbocycles. The molecule has 0 radical (unpaired) electrons. The van der Waals surface area contributed by atoms with Crippen molar-refractivity contribution in [3.05, 3.63) is 0 Å². The molecule has 0 N–H and O–H groups in total. The lowest BCUT2D eigenvalue weighted by Crippen LogP contribution is -2.37. The van der Waals surface area contributed by atoms with Crippen LogP contribution in [0.2, 0.25) is 0 Å². The van der Waals surface area contributed by atoms with Crippen molar-refractivity contribution < 1.29 is 0 Å². The summed E-state index contributed by atoms with van der Waals surface area (Å²) in [6.07, 6.45) is 2.59. The third kappa shape index (κ3) is 5.30. The molecule has 0 rings (SSSR count). The van der Waals surface area contributed by atoms with E-state index in [1.165, 1.54) is 25.9 Å². The summed E-state index contributed by atoms with van der Waals surface area (Å²) >= 11 is 0. The SMILES string of the molecule is CCC(CC(C)(C)C)N(CC)CC. The lowest BCUT2D eigenvalue weighted by molar-refractivity contribution is 0.157. The van der Waals surface area contributed by atoms with Gasteiger partial charge in [0, 0.05) is 6.04 Å². The lowest BCUT2D eigenvalue weighted by atomic mass is 9.86. The smallest absolute Gasteiger partial charge is 0.00973 e. The largest absolute Gasteiger partial charge is 0.301 e. The Kier molecular flexibility index (Phi) is 5.62. The van der Waals surface area contributed by atoms with Gasteiger partial charge in [0.05, 0.1) is 0 Å². The van der Waals surface area contributed by atoms with Crippen LogP contribution in [0.3, 0.4) is 0 Å². The fourth-order valence-corrected chi connectivity index (χ4v) is 1.98. The van der Waals surface area contributed by atoms with Crippen LogP contribution in [-0.2, 0) is 0 Å². The zero-order chi connectivity index (χ0) is 10.5. The molecule has 1 heteroatoms. The van der Waals surface area contributed by atoms with Crippen molar-refractivity contribution in [1.82, 2.24) is 4.90 Å². The highest BCUT2D eigenvalue weighted by atomic mass is 15.1. The molecule has 0 heterocycles. The molecule has 13 heavy (non-hydrogen) atoms. The van der Waals surface area contributed by atoms with Crippen LogP contribution in [0.4, 0.5) is 0 Å². The predicted octanol–water partition coefficient (Wildman–Crippen LogP) is 3.54. The molecule has 0 aliphatic heterocycles. The molecule has 80 valence electrons. The van der Waals surface area contributed by atoms with Gasteiger partial charge in [-0.15, -0.1) is 0 Å². The number of rotatable bonds is 5. The van der Waals surface area contributed by atoms with Gasteiger partial charge in [0.15, 0.2) is 0 Å². The molecular weight excluding hydrogens is 158 g/mol. The molecule has 0 aliphatic carbocycles. The topological polar surface area (TPSA) is 3.24 Å². The molecule has 0 spiro atoms. The second-order valence-corrected chi connectivity index (χ2v) is 5.05. The Morgan fingerprint density at radius 1 is 1.00 bits per heavy atom. The second-order valence-electron chi connectivity index (χ2n) is 5.05. The maximum Gasteiger partial charge on any atom is 0.00973 e. The Balaban J connectivity index is 4.15. The van der Waals surface area contributed by atoms with Crippen molar-refractivity contribution in [2.24, 2.45) is 5.41 Å². The Labute approximate surface area is 84.5 Å². The zero-order valence-electron chi connectivity index (χ0n) is 10.4.